The van der Waals surface area contributed by atoms with Crippen LogP contribution in [0, 0.1) is 5.82 Å². The fourth-order valence-corrected chi connectivity index (χ4v) is 2.37. The Labute approximate surface area is 113 Å². The Morgan fingerprint density at radius 2 is 2.21 bits per heavy atom. The molecule has 2 N–H and O–H groups in total. The Bertz CT molecular complexity index is 420. The molecule has 0 aliphatic carbocycles. The van der Waals surface area contributed by atoms with Crippen LogP contribution in [0.3, 0.4) is 0 Å². The van der Waals surface area contributed by atoms with Gasteiger partial charge >= 0.3 is 0 Å². The van der Waals surface area contributed by atoms with Gasteiger partial charge in [0.25, 0.3) is 0 Å². The average Bonchev–Trinajstić information content (AvgIpc) is 2.41. The molecule has 1 aromatic rings. The summed E-state index contributed by atoms with van der Waals surface area (Å²) in [5, 5.41) is 13.7. The molecule has 5 heteroatoms. The van der Waals surface area contributed by atoms with Crippen LogP contribution < -0.4 is 10.1 Å². The molecule has 1 unspecified atom stereocenters. The number of nitrogens with zero attached hydrogens (tertiary/aromatic N) is 1. The predicted molar refractivity (Wildman–Crippen MR) is 70.6 cm³/mol. The molecule has 1 fully saturated rings. The topological polar surface area (TPSA) is 54.4 Å². The molecule has 106 valence electrons. The van der Waals surface area contributed by atoms with E-state index in [1.165, 1.54) is 6.20 Å². The third-order valence-electron chi connectivity index (χ3n) is 3.28. The van der Waals surface area contributed by atoms with Gasteiger partial charge in [-0.25, -0.2) is 4.39 Å². The van der Waals surface area contributed by atoms with E-state index in [1.54, 1.807) is 0 Å². The summed E-state index contributed by atoms with van der Waals surface area (Å²) in [7, 11) is 0. The first-order chi connectivity index (χ1) is 9.09. The fraction of sp³-hybridized carbons (Fsp3) is 0.643. The van der Waals surface area contributed by atoms with E-state index in [1.807, 2.05) is 13.8 Å². The zero-order chi connectivity index (χ0) is 13.8. The second-order valence-corrected chi connectivity index (χ2v) is 5.21. The van der Waals surface area contributed by atoms with Crippen LogP contribution in [0.4, 0.5) is 4.39 Å². The van der Waals surface area contributed by atoms with Crippen LogP contribution in [-0.4, -0.2) is 28.8 Å². The Hall–Kier alpha value is -1.20. The third-order valence-corrected chi connectivity index (χ3v) is 3.28. The molecule has 0 radical (unpaired) electrons. The summed E-state index contributed by atoms with van der Waals surface area (Å²) in [6.07, 6.45) is 4.71. The van der Waals surface area contributed by atoms with E-state index >= 15 is 0 Å². The van der Waals surface area contributed by atoms with Crippen molar-refractivity contribution in [2.45, 2.75) is 51.4 Å². The molecule has 1 aliphatic heterocycles. The van der Waals surface area contributed by atoms with Crippen LogP contribution in [0.2, 0.25) is 0 Å². The van der Waals surface area contributed by atoms with Gasteiger partial charge < -0.3 is 15.2 Å². The standard InChI is InChI=1S/C14H21FN2O2/c1-9(2)19-14-10(7-16-8-11(14)15)13(18)12-5-3-4-6-17-12/h7-9,12-13,17-18H,3-6H2,1-2H3/t12-,13?/m1/s1. The van der Waals surface area contributed by atoms with Gasteiger partial charge in [0, 0.05) is 17.8 Å². The molecule has 1 aliphatic rings. The van der Waals surface area contributed by atoms with Crippen molar-refractivity contribution >= 4 is 0 Å². The molecule has 2 rings (SSSR count). The lowest BCUT2D eigenvalue weighted by molar-refractivity contribution is 0.106. The number of piperidine rings is 1. The molecule has 0 amide bonds. The number of ether oxygens (including phenoxy) is 1. The first-order valence-corrected chi connectivity index (χ1v) is 6.81. The number of hydrogen-bond acceptors (Lipinski definition) is 4. The SMILES string of the molecule is CC(C)Oc1c(F)cncc1C(O)[C@H]1CCCCN1. The number of aliphatic hydroxyl groups excluding tert-OH is 1. The first-order valence-electron chi connectivity index (χ1n) is 6.81. The van der Waals surface area contributed by atoms with Crippen LogP contribution in [-0.2, 0) is 0 Å². The normalized spacial score (nSPS) is 21.4. The molecule has 4 nitrogen and oxygen atoms in total. The first kappa shape index (κ1) is 14.2. The van der Waals surface area contributed by atoms with E-state index in [2.05, 4.69) is 10.3 Å². The van der Waals surface area contributed by atoms with Gasteiger partial charge in [-0.1, -0.05) is 6.42 Å². The van der Waals surface area contributed by atoms with Crippen molar-refractivity contribution < 1.29 is 14.2 Å². The van der Waals surface area contributed by atoms with Crippen molar-refractivity contribution in [2.24, 2.45) is 0 Å². The Morgan fingerprint density at radius 1 is 1.42 bits per heavy atom. The average molecular weight is 268 g/mol. The molecule has 0 bridgehead atoms. The maximum Gasteiger partial charge on any atom is 0.183 e. The number of aromatic nitrogens is 1. The lowest BCUT2D eigenvalue weighted by Gasteiger charge is -2.29. The molecule has 2 heterocycles. The van der Waals surface area contributed by atoms with Gasteiger partial charge in [0.1, 0.15) is 0 Å². The van der Waals surface area contributed by atoms with E-state index in [9.17, 15) is 9.50 Å². The van der Waals surface area contributed by atoms with Gasteiger partial charge in [-0.05, 0) is 33.2 Å². The summed E-state index contributed by atoms with van der Waals surface area (Å²) in [6, 6.07) is -0.0631. The predicted octanol–water partition coefficient (Wildman–Crippen LogP) is 2.18. The molecule has 1 saturated heterocycles. The summed E-state index contributed by atoms with van der Waals surface area (Å²) in [4.78, 5) is 3.83. The smallest absolute Gasteiger partial charge is 0.183 e. The monoisotopic (exact) mass is 268 g/mol. The number of nitrogens with one attached hydrogen (secondary N) is 1. The Balaban J connectivity index is 2.24. The molecular formula is C14H21FN2O2. The fourth-order valence-electron chi connectivity index (χ4n) is 2.37. The Kier molecular flexibility index (Phi) is 4.71. The summed E-state index contributed by atoms with van der Waals surface area (Å²) < 4.78 is 19.3. The molecule has 1 aromatic heterocycles. The minimum Gasteiger partial charge on any atom is -0.487 e. The largest absolute Gasteiger partial charge is 0.487 e. The maximum absolute atomic E-state index is 13.8. The molecular weight excluding hydrogens is 247 g/mol. The highest BCUT2D eigenvalue weighted by Gasteiger charge is 2.27. The summed E-state index contributed by atoms with van der Waals surface area (Å²) in [5.74, 6) is -0.411. The van der Waals surface area contributed by atoms with Crippen molar-refractivity contribution in [3.05, 3.63) is 23.8 Å². The molecule has 2 atom stereocenters. The molecule has 0 spiro atoms. The second kappa shape index (κ2) is 6.30. The van der Waals surface area contributed by atoms with Gasteiger partial charge in [-0.3, -0.25) is 4.98 Å². The number of hydrogen-bond donors (Lipinski definition) is 2. The van der Waals surface area contributed by atoms with Gasteiger partial charge in [0.05, 0.1) is 18.4 Å². The third kappa shape index (κ3) is 3.42. The minimum atomic E-state index is -0.794. The van der Waals surface area contributed by atoms with Crippen LogP contribution in [0.25, 0.3) is 0 Å². The lowest BCUT2D eigenvalue weighted by Crippen LogP contribution is -2.39. The summed E-state index contributed by atoms with van der Waals surface area (Å²) in [5.41, 5.74) is 0.424. The number of halogens is 1. The number of aliphatic hydroxyl groups is 1. The zero-order valence-corrected chi connectivity index (χ0v) is 11.4. The van der Waals surface area contributed by atoms with Crippen LogP contribution in [0.5, 0.6) is 5.75 Å². The minimum absolute atomic E-state index is 0.0631. The highest BCUT2D eigenvalue weighted by molar-refractivity contribution is 5.34. The quantitative estimate of drug-likeness (QED) is 0.879. The van der Waals surface area contributed by atoms with E-state index < -0.39 is 11.9 Å². The second-order valence-electron chi connectivity index (χ2n) is 5.21. The van der Waals surface area contributed by atoms with E-state index in [0.29, 0.717) is 5.56 Å². The molecule has 0 saturated carbocycles. The van der Waals surface area contributed by atoms with Crippen molar-refractivity contribution in [2.75, 3.05) is 6.54 Å². The van der Waals surface area contributed by atoms with Crippen molar-refractivity contribution in [3.8, 4) is 5.75 Å². The van der Waals surface area contributed by atoms with Crippen LogP contribution >= 0.6 is 0 Å². The maximum atomic E-state index is 13.8. The molecule has 0 aromatic carbocycles. The van der Waals surface area contributed by atoms with Crippen molar-refractivity contribution in [1.82, 2.24) is 10.3 Å². The van der Waals surface area contributed by atoms with E-state index in [0.717, 1.165) is 32.0 Å². The van der Waals surface area contributed by atoms with Crippen molar-refractivity contribution in [1.29, 1.82) is 0 Å². The zero-order valence-electron chi connectivity index (χ0n) is 11.4. The summed E-state index contributed by atoms with van der Waals surface area (Å²) >= 11 is 0. The highest BCUT2D eigenvalue weighted by atomic mass is 19.1. The highest BCUT2D eigenvalue weighted by Crippen LogP contribution is 2.32. The molecule has 19 heavy (non-hydrogen) atoms. The van der Waals surface area contributed by atoms with E-state index in [4.69, 9.17) is 4.74 Å². The van der Waals surface area contributed by atoms with Crippen molar-refractivity contribution in [3.63, 3.8) is 0 Å². The van der Waals surface area contributed by atoms with Gasteiger partial charge in [-0.15, -0.1) is 0 Å². The van der Waals surface area contributed by atoms with Crippen LogP contribution in [0.15, 0.2) is 12.4 Å². The van der Waals surface area contributed by atoms with Gasteiger partial charge in [-0.2, -0.15) is 0 Å². The van der Waals surface area contributed by atoms with Gasteiger partial charge in [0.15, 0.2) is 11.6 Å². The number of pyridine rings is 1. The Morgan fingerprint density at radius 3 is 2.84 bits per heavy atom. The lowest BCUT2D eigenvalue weighted by atomic mass is 9.95. The number of rotatable bonds is 4. The van der Waals surface area contributed by atoms with E-state index in [-0.39, 0.29) is 17.9 Å². The summed E-state index contributed by atoms with van der Waals surface area (Å²) in [6.45, 7) is 4.54. The van der Waals surface area contributed by atoms with Crippen LogP contribution in [0.1, 0.15) is 44.8 Å². The van der Waals surface area contributed by atoms with Gasteiger partial charge in [0.2, 0.25) is 0 Å².